The molecule has 0 amide bonds. The number of aromatic nitrogens is 1. The van der Waals surface area contributed by atoms with Crippen LogP contribution in [0.2, 0.25) is 0 Å². The maximum absolute atomic E-state index is 11.0. The third kappa shape index (κ3) is 1.53. The zero-order valence-electron chi connectivity index (χ0n) is 8.34. The maximum Gasteiger partial charge on any atom is 0.358 e. The van der Waals surface area contributed by atoms with E-state index < -0.39 is 5.97 Å². The van der Waals surface area contributed by atoms with Crippen molar-refractivity contribution >= 4 is 17.3 Å². The highest BCUT2D eigenvalue weighted by atomic mass is 32.1. The van der Waals surface area contributed by atoms with Gasteiger partial charge in [-0.25, -0.2) is 9.78 Å². The van der Waals surface area contributed by atoms with Gasteiger partial charge in [-0.15, -0.1) is 11.3 Å². The van der Waals surface area contributed by atoms with E-state index >= 15 is 0 Å². The molecular formula is C11H9NO3S. The van der Waals surface area contributed by atoms with Gasteiger partial charge in [0.1, 0.15) is 5.76 Å². The number of rotatable bonds is 3. The average Bonchev–Trinajstić information content (AvgIpc) is 2.83. The standard InChI is InChI=1S/C11H9NO3S/c13-11(14)8-9(6-3-4-6)15-10(12-8)7-2-1-5-16-7/h1-2,5-6H,3-4H2,(H,13,14). The van der Waals surface area contributed by atoms with Crippen LogP contribution in [0.4, 0.5) is 0 Å². The SMILES string of the molecule is O=C(O)c1nc(-c2cccs2)oc1C1CC1. The molecule has 2 heterocycles. The second-order valence-electron chi connectivity index (χ2n) is 3.79. The highest BCUT2D eigenvalue weighted by Crippen LogP contribution is 2.43. The van der Waals surface area contributed by atoms with Gasteiger partial charge < -0.3 is 9.52 Å². The summed E-state index contributed by atoms with van der Waals surface area (Å²) in [7, 11) is 0. The van der Waals surface area contributed by atoms with Crippen molar-refractivity contribution in [3.8, 4) is 10.8 Å². The molecule has 0 saturated heterocycles. The lowest BCUT2D eigenvalue weighted by molar-refractivity contribution is 0.0688. The van der Waals surface area contributed by atoms with Crippen molar-refractivity contribution in [1.82, 2.24) is 4.98 Å². The summed E-state index contributed by atoms with van der Waals surface area (Å²) in [6, 6.07) is 3.76. The zero-order chi connectivity index (χ0) is 11.1. The Morgan fingerprint density at radius 1 is 1.56 bits per heavy atom. The van der Waals surface area contributed by atoms with E-state index in [0.717, 1.165) is 17.7 Å². The van der Waals surface area contributed by atoms with Gasteiger partial charge in [-0.3, -0.25) is 0 Å². The molecule has 1 aliphatic carbocycles. The number of oxazole rings is 1. The third-order valence-corrected chi connectivity index (χ3v) is 3.39. The first-order chi connectivity index (χ1) is 7.75. The van der Waals surface area contributed by atoms with Crippen LogP contribution >= 0.6 is 11.3 Å². The van der Waals surface area contributed by atoms with Crippen molar-refractivity contribution < 1.29 is 14.3 Å². The fourth-order valence-electron chi connectivity index (χ4n) is 1.61. The first kappa shape index (κ1) is 9.59. The van der Waals surface area contributed by atoms with Crippen molar-refractivity contribution in [3.63, 3.8) is 0 Å². The molecule has 1 fully saturated rings. The van der Waals surface area contributed by atoms with Crippen LogP contribution in [-0.4, -0.2) is 16.1 Å². The van der Waals surface area contributed by atoms with Gasteiger partial charge in [0.15, 0.2) is 5.69 Å². The summed E-state index contributed by atoms with van der Waals surface area (Å²) in [4.78, 5) is 15.9. The molecule has 1 N–H and O–H groups in total. The molecule has 5 heteroatoms. The second kappa shape index (κ2) is 3.45. The van der Waals surface area contributed by atoms with Gasteiger partial charge in [0.05, 0.1) is 4.88 Å². The first-order valence-electron chi connectivity index (χ1n) is 5.03. The fourth-order valence-corrected chi connectivity index (χ4v) is 2.26. The number of carboxylic acid groups (broad SMARTS) is 1. The molecule has 82 valence electrons. The number of hydrogen-bond donors (Lipinski definition) is 1. The van der Waals surface area contributed by atoms with Gasteiger partial charge in [-0.2, -0.15) is 0 Å². The second-order valence-corrected chi connectivity index (χ2v) is 4.74. The summed E-state index contributed by atoms with van der Waals surface area (Å²) in [6.07, 6.45) is 2.00. The summed E-state index contributed by atoms with van der Waals surface area (Å²) in [5.74, 6) is 0.214. The molecule has 2 aromatic heterocycles. The van der Waals surface area contributed by atoms with E-state index in [2.05, 4.69) is 4.98 Å². The van der Waals surface area contributed by atoms with E-state index in [1.807, 2.05) is 17.5 Å². The monoisotopic (exact) mass is 235 g/mol. The molecule has 0 unspecified atom stereocenters. The minimum atomic E-state index is -1.01. The van der Waals surface area contributed by atoms with Crippen molar-refractivity contribution in [2.24, 2.45) is 0 Å². The van der Waals surface area contributed by atoms with Crippen LogP contribution in [0, 0.1) is 0 Å². The lowest BCUT2D eigenvalue weighted by Gasteiger charge is -1.90. The Morgan fingerprint density at radius 3 is 2.94 bits per heavy atom. The highest BCUT2D eigenvalue weighted by molar-refractivity contribution is 7.13. The average molecular weight is 235 g/mol. The number of nitrogens with zero attached hydrogens (tertiary/aromatic N) is 1. The fraction of sp³-hybridized carbons (Fsp3) is 0.273. The number of thiophene rings is 1. The molecule has 16 heavy (non-hydrogen) atoms. The van der Waals surface area contributed by atoms with Crippen molar-refractivity contribution in [2.75, 3.05) is 0 Å². The predicted octanol–water partition coefficient (Wildman–Crippen LogP) is 2.98. The molecule has 1 aliphatic rings. The molecule has 1 saturated carbocycles. The molecule has 0 aliphatic heterocycles. The number of carbonyl (C=O) groups is 1. The minimum Gasteiger partial charge on any atom is -0.476 e. The lowest BCUT2D eigenvalue weighted by Crippen LogP contribution is -2.00. The highest BCUT2D eigenvalue weighted by Gasteiger charge is 2.34. The van der Waals surface area contributed by atoms with Crippen molar-refractivity contribution in [1.29, 1.82) is 0 Å². The molecule has 0 aromatic carbocycles. The van der Waals surface area contributed by atoms with Gasteiger partial charge >= 0.3 is 5.97 Å². The van der Waals surface area contributed by atoms with Crippen LogP contribution in [0.5, 0.6) is 0 Å². The van der Waals surface area contributed by atoms with Crippen LogP contribution < -0.4 is 0 Å². The quantitative estimate of drug-likeness (QED) is 0.888. The van der Waals surface area contributed by atoms with Crippen molar-refractivity contribution in [3.05, 3.63) is 29.0 Å². The van der Waals surface area contributed by atoms with Gasteiger partial charge in [-0.1, -0.05) is 6.07 Å². The van der Waals surface area contributed by atoms with E-state index in [4.69, 9.17) is 9.52 Å². The molecule has 4 nitrogen and oxygen atoms in total. The molecule has 0 radical (unpaired) electrons. The number of aromatic carboxylic acids is 1. The van der Waals surface area contributed by atoms with Crippen LogP contribution in [0.25, 0.3) is 10.8 Å². The first-order valence-corrected chi connectivity index (χ1v) is 5.91. The Labute approximate surface area is 95.6 Å². The number of carboxylic acids is 1. The third-order valence-electron chi connectivity index (χ3n) is 2.54. The van der Waals surface area contributed by atoms with E-state index in [1.165, 1.54) is 11.3 Å². The summed E-state index contributed by atoms with van der Waals surface area (Å²) in [6.45, 7) is 0. The molecule has 0 atom stereocenters. The lowest BCUT2D eigenvalue weighted by atomic mass is 10.2. The Morgan fingerprint density at radius 2 is 2.38 bits per heavy atom. The summed E-state index contributed by atoms with van der Waals surface area (Å²) in [5, 5.41) is 10.9. The van der Waals surface area contributed by atoms with E-state index in [9.17, 15) is 4.79 Å². The zero-order valence-corrected chi connectivity index (χ0v) is 9.16. The van der Waals surface area contributed by atoms with Crippen LogP contribution in [0.1, 0.15) is 35.0 Å². The summed E-state index contributed by atoms with van der Waals surface area (Å²) < 4.78 is 5.56. The Hall–Kier alpha value is -1.62. The number of hydrogen-bond acceptors (Lipinski definition) is 4. The largest absolute Gasteiger partial charge is 0.476 e. The van der Waals surface area contributed by atoms with Crippen LogP contribution in [0.15, 0.2) is 21.9 Å². The van der Waals surface area contributed by atoms with Gasteiger partial charge in [0.25, 0.3) is 0 Å². The molecule has 0 bridgehead atoms. The van der Waals surface area contributed by atoms with Gasteiger partial charge in [0.2, 0.25) is 5.89 Å². The Balaban J connectivity index is 2.08. The maximum atomic E-state index is 11.0. The molecule has 0 spiro atoms. The molecule has 2 aromatic rings. The summed E-state index contributed by atoms with van der Waals surface area (Å²) in [5.41, 5.74) is 0.0749. The van der Waals surface area contributed by atoms with Crippen LogP contribution in [-0.2, 0) is 0 Å². The van der Waals surface area contributed by atoms with Gasteiger partial charge in [0, 0.05) is 5.92 Å². The smallest absolute Gasteiger partial charge is 0.358 e. The molecule has 3 rings (SSSR count). The summed E-state index contributed by atoms with van der Waals surface area (Å²) >= 11 is 1.49. The Kier molecular flexibility index (Phi) is 2.07. The normalized spacial score (nSPS) is 15.2. The van der Waals surface area contributed by atoms with Gasteiger partial charge in [-0.05, 0) is 24.3 Å². The topological polar surface area (TPSA) is 63.3 Å². The van der Waals surface area contributed by atoms with E-state index in [-0.39, 0.29) is 11.6 Å². The minimum absolute atomic E-state index is 0.0749. The molecular weight excluding hydrogens is 226 g/mol. The van der Waals surface area contributed by atoms with E-state index in [0.29, 0.717) is 11.7 Å². The van der Waals surface area contributed by atoms with Crippen molar-refractivity contribution in [2.45, 2.75) is 18.8 Å². The van der Waals surface area contributed by atoms with E-state index in [1.54, 1.807) is 0 Å². The van der Waals surface area contributed by atoms with Crippen LogP contribution in [0.3, 0.4) is 0 Å². The predicted molar refractivity (Wildman–Crippen MR) is 58.8 cm³/mol. The Bertz CT molecular complexity index is 525.